The van der Waals surface area contributed by atoms with Gasteiger partial charge in [-0.1, -0.05) is 38.0 Å². The van der Waals surface area contributed by atoms with Crippen LogP contribution < -0.4 is 10.1 Å². The number of para-hydroxylation sites is 1. The van der Waals surface area contributed by atoms with Crippen LogP contribution in [0.3, 0.4) is 0 Å². The molecule has 1 aromatic heterocycles. The third-order valence-electron chi connectivity index (χ3n) is 4.21. The number of nitrogens with zero attached hydrogens (tertiary/aromatic N) is 2. The molecule has 0 aliphatic carbocycles. The molecule has 2 aromatic carbocycles. The zero-order valence-electron chi connectivity index (χ0n) is 15.8. The van der Waals surface area contributed by atoms with Crippen molar-refractivity contribution in [3.63, 3.8) is 0 Å². The highest BCUT2D eigenvalue weighted by Crippen LogP contribution is 2.19. The summed E-state index contributed by atoms with van der Waals surface area (Å²) >= 11 is 0. The molecule has 0 aliphatic rings. The van der Waals surface area contributed by atoms with Crippen molar-refractivity contribution in [3.05, 3.63) is 71.9 Å². The number of carbonyl (C=O) groups excluding carboxylic acids is 1. The summed E-state index contributed by atoms with van der Waals surface area (Å²) in [7, 11) is 0. The fourth-order valence-electron chi connectivity index (χ4n) is 2.79. The number of hydrogen-bond donors (Lipinski definition) is 1. The summed E-state index contributed by atoms with van der Waals surface area (Å²) in [4.78, 5) is 12.6. The smallest absolute Gasteiger partial charge is 0.256 e. The maximum atomic E-state index is 12.6. The molecule has 0 aliphatic heterocycles. The molecule has 0 spiro atoms. The van der Waals surface area contributed by atoms with E-state index in [1.807, 2.05) is 55.5 Å². The van der Waals surface area contributed by atoms with Gasteiger partial charge in [-0.25, -0.2) is 4.68 Å². The second-order valence-electron chi connectivity index (χ2n) is 6.45. The van der Waals surface area contributed by atoms with E-state index in [1.165, 1.54) is 6.42 Å². The molecular formula is C22H25N3O2. The molecule has 3 aromatic rings. The van der Waals surface area contributed by atoms with Gasteiger partial charge in [0, 0.05) is 11.6 Å². The Hall–Kier alpha value is -3.08. The lowest BCUT2D eigenvalue weighted by atomic mass is 10.2. The third-order valence-corrected chi connectivity index (χ3v) is 4.21. The zero-order valence-corrected chi connectivity index (χ0v) is 15.8. The molecule has 140 valence electrons. The second-order valence-corrected chi connectivity index (χ2v) is 6.45. The summed E-state index contributed by atoms with van der Waals surface area (Å²) in [5.74, 6) is 1.25. The molecule has 0 saturated heterocycles. The minimum absolute atomic E-state index is 0.176. The SMILES string of the molecule is CCCCCOc1ccc(C(=O)Nc2cc(C)nn2-c2ccccc2)cc1. The van der Waals surface area contributed by atoms with Crippen molar-refractivity contribution in [1.82, 2.24) is 9.78 Å². The van der Waals surface area contributed by atoms with Crippen LogP contribution in [0.5, 0.6) is 5.75 Å². The molecule has 0 bridgehead atoms. The summed E-state index contributed by atoms with van der Waals surface area (Å²) in [5.41, 5.74) is 2.32. The highest BCUT2D eigenvalue weighted by Gasteiger charge is 2.12. The number of benzene rings is 2. The predicted molar refractivity (Wildman–Crippen MR) is 108 cm³/mol. The molecule has 0 fully saturated rings. The standard InChI is InChI=1S/C22H25N3O2/c1-3-4-8-15-27-20-13-11-18(12-14-20)22(26)23-21-16-17(2)24-25(21)19-9-6-5-7-10-19/h5-7,9-14,16H,3-4,8,15H2,1-2H3,(H,23,26). The van der Waals surface area contributed by atoms with Crippen molar-refractivity contribution < 1.29 is 9.53 Å². The summed E-state index contributed by atoms with van der Waals surface area (Å²) < 4.78 is 7.43. The molecular weight excluding hydrogens is 338 g/mol. The van der Waals surface area contributed by atoms with E-state index in [2.05, 4.69) is 17.3 Å². The summed E-state index contributed by atoms with van der Waals surface area (Å²) in [6.45, 7) is 4.77. The monoisotopic (exact) mass is 363 g/mol. The predicted octanol–water partition coefficient (Wildman–Crippen LogP) is 5.00. The van der Waals surface area contributed by atoms with Gasteiger partial charge in [-0.3, -0.25) is 4.79 Å². The van der Waals surface area contributed by atoms with Crippen molar-refractivity contribution in [2.24, 2.45) is 0 Å². The van der Waals surface area contributed by atoms with E-state index in [4.69, 9.17) is 4.74 Å². The normalized spacial score (nSPS) is 10.6. The number of anilines is 1. The maximum absolute atomic E-state index is 12.6. The Kier molecular flexibility index (Phi) is 6.26. The Morgan fingerprint density at radius 3 is 2.52 bits per heavy atom. The van der Waals surface area contributed by atoms with E-state index in [9.17, 15) is 4.79 Å². The number of nitrogens with one attached hydrogen (secondary N) is 1. The summed E-state index contributed by atoms with van der Waals surface area (Å²) in [5, 5.41) is 7.42. The first-order chi connectivity index (χ1) is 13.2. The number of amides is 1. The first-order valence-electron chi connectivity index (χ1n) is 9.33. The van der Waals surface area contributed by atoms with Gasteiger partial charge in [0.15, 0.2) is 0 Å². The molecule has 0 unspecified atom stereocenters. The Morgan fingerprint density at radius 1 is 1.07 bits per heavy atom. The van der Waals surface area contributed by atoms with Crippen LogP contribution in [0.2, 0.25) is 0 Å². The Morgan fingerprint density at radius 2 is 1.81 bits per heavy atom. The molecule has 0 radical (unpaired) electrons. The Bertz CT molecular complexity index is 870. The lowest BCUT2D eigenvalue weighted by Gasteiger charge is -2.10. The van der Waals surface area contributed by atoms with Crippen LogP contribution in [-0.2, 0) is 0 Å². The average Bonchev–Trinajstić information content (AvgIpc) is 3.06. The molecule has 1 amide bonds. The topological polar surface area (TPSA) is 56.1 Å². The number of carbonyl (C=O) groups is 1. The van der Waals surface area contributed by atoms with Crippen molar-refractivity contribution in [1.29, 1.82) is 0 Å². The number of aromatic nitrogens is 2. The van der Waals surface area contributed by atoms with E-state index in [0.29, 0.717) is 18.0 Å². The summed E-state index contributed by atoms with van der Waals surface area (Å²) in [6.07, 6.45) is 3.37. The van der Waals surface area contributed by atoms with Crippen LogP contribution in [0.4, 0.5) is 5.82 Å². The quantitative estimate of drug-likeness (QED) is 0.573. The molecule has 5 nitrogen and oxygen atoms in total. The molecule has 0 saturated carbocycles. The van der Waals surface area contributed by atoms with Crippen LogP contribution in [0.25, 0.3) is 5.69 Å². The number of aryl methyl sites for hydroxylation is 1. The van der Waals surface area contributed by atoms with Crippen molar-refractivity contribution in [3.8, 4) is 11.4 Å². The summed E-state index contributed by atoms with van der Waals surface area (Å²) in [6, 6.07) is 18.8. The molecule has 1 heterocycles. The van der Waals surface area contributed by atoms with Gasteiger partial charge in [0.1, 0.15) is 11.6 Å². The van der Waals surface area contributed by atoms with Gasteiger partial charge in [0.25, 0.3) is 5.91 Å². The van der Waals surface area contributed by atoms with E-state index < -0.39 is 0 Å². The largest absolute Gasteiger partial charge is 0.494 e. The fourth-order valence-corrected chi connectivity index (χ4v) is 2.79. The van der Waals surface area contributed by atoms with Gasteiger partial charge in [-0.05, 0) is 49.7 Å². The molecule has 5 heteroatoms. The van der Waals surface area contributed by atoms with Crippen LogP contribution in [0.1, 0.15) is 42.2 Å². The average molecular weight is 363 g/mol. The minimum Gasteiger partial charge on any atom is -0.494 e. The second kappa shape index (κ2) is 9.03. The van der Waals surface area contributed by atoms with Gasteiger partial charge in [0.05, 0.1) is 18.0 Å². The zero-order chi connectivity index (χ0) is 19.1. The maximum Gasteiger partial charge on any atom is 0.256 e. The van der Waals surface area contributed by atoms with E-state index in [0.717, 1.165) is 30.0 Å². The molecule has 3 rings (SSSR count). The first-order valence-corrected chi connectivity index (χ1v) is 9.33. The molecule has 1 N–H and O–H groups in total. The van der Waals surface area contributed by atoms with Gasteiger partial charge >= 0.3 is 0 Å². The molecule has 27 heavy (non-hydrogen) atoms. The van der Waals surface area contributed by atoms with Crippen molar-refractivity contribution in [2.75, 3.05) is 11.9 Å². The third kappa shape index (κ3) is 4.97. The van der Waals surface area contributed by atoms with Gasteiger partial charge in [-0.15, -0.1) is 0 Å². The Labute approximate surface area is 160 Å². The number of unbranched alkanes of at least 4 members (excludes halogenated alkanes) is 2. The van der Waals surface area contributed by atoms with Crippen LogP contribution in [0, 0.1) is 6.92 Å². The van der Waals surface area contributed by atoms with Crippen LogP contribution in [0.15, 0.2) is 60.7 Å². The minimum atomic E-state index is -0.176. The highest BCUT2D eigenvalue weighted by atomic mass is 16.5. The van der Waals surface area contributed by atoms with E-state index in [1.54, 1.807) is 16.8 Å². The molecule has 0 atom stereocenters. The Balaban J connectivity index is 1.67. The van der Waals surface area contributed by atoms with Gasteiger partial charge < -0.3 is 10.1 Å². The number of rotatable bonds is 8. The van der Waals surface area contributed by atoms with Gasteiger partial charge in [0.2, 0.25) is 0 Å². The van der Waals surface area contributed by atoms with Crippen molar-refractivity contribution in [2.45, 2.75) is 33.1 Å². The first kappa shape index (κ1) is 18.7. The fraction of sp³-hybridized carbons (Fsp3) is 0.273. The van der Waals surface area contributed by atoms with E-state index >= 15 is 0 Å². The highest BCUT2D eigenvalue weighted by molar-refractivity contribution is 6.04. The lowest BCUT2D eigenvalue weighted by Crippen LogP contribution is -2.15. The van der Waals surface area contributed by atoms with E-state index in [-0.39, 0.29) is 5.91 Å². The number of ether oxygens (including phenoxy) is 1. The number of hydrogen-bond acceptors (Lipinski definition) is 3. The van der Waals surface area contributed by atoms with Crippen molar-refractivity contribution >= 4 is 11.7 Å². The lowest BCUT2D eigenvalue weighted by molar-refractivity contribution is 0.102. The van der Waals surface area contributed by atoms with Crippen LogP contribution >= 0.6 is 0 Å². The van der Waals surface area contributed by atoms with Gasteiger partial charge in [-0.2, -0.15) is 5.10 Å². The van der Waals surface area contributed by atoms with Crippen LogP contribution in [-0.4, -0.2) is 22.3 Å².